The molecule has 0 aliphatic carbocycles. The fourth-order valence-electron chi connectivity index (χ4n) is 4.65. The first kappa shape index (κ1) is 26.2. The van der Waals surface area contributed by atoms with Crippen LogP contribution in [0.4, 0.5) is 11.4 Å². The van der Waals surface area contributed by atoms with Crippen LogP contribution in [-0.4, -0.2) is 92.3 Å². The number of hydrogen-bond acceptors (Lipinski definition) is 7. The number of ether oxygens (including phenoxy) is 1. The number of anilines is 2. The molecule has 2 aromatic carbocycles. The van der Waals surface area contributed by atoms with E-state index in [0.717, 1.165) is 24.5 Å². The lowest BCUT2D eigenvalue weighted by molar-refractivity contribution is -0.145. The molecule has 2 aromatic rings. The SMILES string of the molecule is COc1cccc(N2CCN(CC(=O)N3CCNC(=O)[C@@H]3CC(=O)Nc3ccc(C(C)=O)cc3)CC2)c1. The zero-order chi connectivity index (χ0) is 26.4. The van der Waals surface area contributed by atoms with E-state index >= 15 is 0 Å². The minimum absolute atomic E-state index is 0.0624. The second-order valence-electron chi connectivity index (χ2n) is 9.24. The summed E-state index contributed by atoms with van der Waals surface area (Å²) in [5.41, 5.74) is 2.16. The first-order valence-corrected chi connectivity index (χ1v) is 12.4. The Hall–Kier alpha value is -3.92. The van der Waals surface area contributed by atoms with Gasteiger partial charge in [0.2, 0.25) is 17.7 Å². The van der Waals surface area contributed by atoms with Crippen molar-refractivity contribution in [1.29, 1.82) is 0 Å². The van der Waals surface area contributed by atoms with Crippen LogP contribution in [0.25, 0.3) is 0 Å². The van der Waals surface area contributed by atoms with Crippen LogP contribution in [-0.2, 0) is 14.4 Å². The fourth-order valence-corrected chi connectivity index (χ4v) is 4.65. The van der Waals surface area contributed by atoms with Crippen molar-refractivity contribution >= 4 is 34.9 Å². The molecule has 0 aromatic heterocycles. The number of carbonyl (C=O) groups is 4. The first-order valence-electron chi connectivity index (χ1n) is 12.4. The number of hydrogen-bond donors (Lipinski definition) is 2. The number of nitrogens with one attached hydrogen (secondary N) is 2. The van der Waals surface area contributed by atoms with E-state index in [1.54, 1.807) is 31.4 Å². The Bertz CT molecular complexity index is 1140. The average Bonchev–Trinajstić information content (AvgIpc) is 2.90. The summed E-state index contributed by atoms with van der Waals surface area (Å²) >= 11 is 0. The van der Waals surface area contributed by atoms with E-state index in [1.807, 2.05) is 24.3 Å². The predicted octanol–water partition coefficient (Wildman–Crippen LogP) is 1.38. The van der Waals surface area contributed by atoms with Crippen molar-refractivity contribution in [2.24, 2.45) is 0 Å². The summed E-state index contributed by atoms with van der Waals surface area (Å²) in [7, 11) is 1.65. The number of Topliss-reactive ketones (excluding diaryl/α,β-unsaturated/α-hetero) is 1. The van der Waals surface area contributed by atoms with Gasteiger partial charge in [0.15, 0.2) is 5.78 Å². The van der Waals surface area contributed by atoms with Gasteiger partial charge < -0.3 is 25.2 Å². The Morgan fingerprint density at radius 2 is 1.76 bits per heavy atom. The Labute approximate surface area is 216 Å². The van der Waals surface area contributed by atoms with E-state index < -0.39 is 6.04 Å². The molecular weight excluding hydrogens is 474 g/mol. The highest BCUT2D eigenvalue weighted by Gasteiger charge is 2.35. The maximum atomic E-state index is 13.2. The third-order valence-electron chi connectivity index (χ3n) is 6.75. The molecule has 2 N–H and O–H groups in total. The molecule has 2 heterocycles. The number of methoxy groups -OCH3 is 1. The largest absolute Gasteiger partial charge is 0.497 e. The third kappa shape index (κ3) is 6.65. The predicted molar refractivity (Wildman–Crippen MR) is 140 cm³/mol. The maximum absolute atomic E-state index is 13.2. The summed E-state index contributed by atoms with van der Waals surface area (Å²) in [6, 6.07) is 13.6. The van der Waals surface area contributed by atoms with Crippen LogP contribution in [0, 0.1) is 0 Å². The van der Waals surface area contributed by atoms with Crippen LogP contribution in [0.3, 0.4) is 0 Å². The van der Waals surface area contributed by atoms with E-state index in [0.29, 0.717) is 37.4 Å². The van der Waals surface area contributed by atoms with Gasteiger partial charge in [0.1, 0.15) is 11.8 Å². The van der Waals surface area contributed by atoms with Crippen LogP contribution < -0.4 is 20.3 Å². The molecule has 4 rings (SSSR count). The molecule has 10 nitrogen and oxygen atoms in total. The van der Waals surface area contributed by atoms with Gasteiger partial charge in [-0.1, -0.05) is 6.07 Å². The summed E-state index contributed by atoms with van der Waals surface area (Å²) in [6.45, 7) is 5.36. The van der Waals surface area contributed by atoms with Crippen molar-refractivity contribution in [3.63, 3.8) is 0 Å². The van der Waals surface area contributed by atoms with Crippen LogP contribution in [0.2, 0.25) is 0 Å². The van der Waals surface area contributed by atoms with Gasteiger partial charge in [-0.2, -0.15) is 0 Å². The molecule has 196 valence electrons. The van der Waals surface area contributed by atoms with E-state index in [9.17, 15) is 19.2 Å². The number of rotatable bonds is 8. The monoisotopic (exact) mass is 507 g/mol. The summed E-state index contributed by atoms with van der Waals surface area (Å²) in [5.74, 6) is -0.116. The van der Waals surface area contributed by atoms with Crippen molar-refractivity contribution in [2.75, 3.05) is 63.1 Å². The molecule has 0 bridgehead atoms. The lowest BCUT2D eigenvalue weighted by atomic mass is 10.1. The zero-order valence-corrected chi connectivity index (χ0v) is 21.2. The standard InChI is InChI=1S/C27H33N5O5/c1-19(33)20-6-8-21(9-7-20)29-25(34)17-24-27(36)28-10-11-32(24)26(35)18-30-12-14-31(15-13-30)22-4-3-5-23(16-22)37-2/h3-9,16,24H,10-15,17-18H2,1-2H3,(H,28,36)(H,29,34)/t24-/m0/s1. The Balaban J connectivity index is 1.31. The lowest BCUT2D eigenvalue weighted by Gasteiger charge is -2.39. The van der Waals surface area contributed by atoms with Crippen molar-refractivity contribution in [3.05, 3.63) is 54.1 Å². The molecule has 0 saturated carbocycles. The average molecular weight is 508 g/mol. The van der Waals surface area contributed by atoms with Crippen LogP contribution in [0.15, 0.2) is 48.5 Å². The normalized spacial score (nSPS) is 18.2. The van der Waals surface area contributed by atoms with Gasteiger partial charge >= 0.3 is 0 Å². The van der Waals surface area contributed by atoms with Crippen molar-refractivity contribution in [2.45, 2.75) is 19.4 Å². The molecule has 2 aliphatic rings. The summed E-state index contributed by atoms with van der Waals surface area (Å²) in [5, 5.41) is 5.51. The van der Waals surface area contributed by atoms with Crippen LogP contribution in [0.1, 0.15) is 23.7 Å². The van der Waals surface area contributed by atoms with Gasteiger partial charge in [0.25, 0.3) is 0 Å². The van der Waals surface area contributed by atoms with Crippen LogP contribution in [0.5, 0.6) is 5.75 Å². The minimum Gasteiger partial charge on any atom is -0.497 e. The summed E-state index contributed by atoms with van der Waals surface area (Å²) in [6.07, 6.45) is -0.143. The van der Waals surface area contributed by atoms with Gasteiger partial charge in [-0.05, 0) is 43.3 Å². The smallest absolute Gasteiger partial charge is 0.243 e. The van der Waals surface area contributed by atoms with Gasteiger partial charge in [-0.15, -0.1) is 0 Å². The van der Waals surface area contributed by atoms with Crippen LogP contribution >= 0.6 is 0 Å². The molecule has 0 unspecified atom stereocenters. The fraction of sp³-hybridized carbons (Fsp3) is 0.407. The van der Waals surface area contributed by atoms with E-state index in [4.69, 9.17) is 4.74 Å². The van der Waals surface area contributed by atoms with Crippen molar-refractivity contribution in [1.82, 2.24) is 15.1 Å². The summed E-state index contributed by atoms with van der Waals surface area (Å²) in [4.78, 5) is 55.8. The Morgan fingerprint density at radius 3 is 2.43 bits per heavy atom. The molecular formula is C27H33N5O5. The second kappa shape index (κ2) is 11.9. The number of ketones is 1. The lowest BCUT2D eigenvalue weighted by Crippen LogP contribution is -2.60. The Kier molecular flexibility index (Phi) is 8.39. The number of benzene rings is 2. The highest BCUT2D eigenvalue weighted by atomic mass is 16.5. The summed E-state index contributed by atoms with van der Waals surface area (Å²) < 4.78 is 5.32. The molecule has 0 spiro atoms. The molecule has 2 aliphatic heterocycles. The first-order chi connectivity index (χ1) is 17.8. The second-order valence-corrected chi connectivity index (χ2v) is 9.24. The molecule has 2 saturated heterocycles. The molecule has 3 amide bonds. The third-order valence-corrected chi connectivity index (χ3v) is 6.75. The van der Waals surface area contributed by atoms with Gasteiger partial charge in [-0.3, -0.25) is 24.1 Å². The number of carbonyl (C=O) groups excluding carboxylic acids is 4. The van der Waals surface area contributed by atoms with Crippen molar-refractivity contribution < 1.29 is 23.9 Å². The molecule has 0 radical (unpaired) electrons. The highest BCUT2D eigenvalue weighted by molar-refractivity contribution is 5.98. The molecule has 37 heavy (non-hydrogen) atoms. The van der Waals surface area contributed by atoms with Gasteiger partial charge in [0, 0.05) is 62.3 Å². The maximum Gasteiger partial charge on any atom is 0.243 e. The van der Waals surface area contributed by atoms with Gasteiger partial charge in [0.05, 0.1) is 20.1 Å². The number of piperazine rings is 2. The quantitative estimate of drug-likeness (QED) is 0.519. The number of nitrogens with zero attached hydrogens (tertiary/aromatic N) is 3. The van der Waals surface area contributed by atoms with Gasteiger partial charge in [-0.25, -0.2) is 0 Å². The molecule has 10 heteroatoms. The van der Waals surface area contributed by atoms with Crippen molar-refractivity contribution in [3.8, 4) is 5.75 Å². The molecule has 1 atom stereocenters. The van der Waals surface area contributed by atoms with E-state index in [1.165, 1.54) is 11.8 Å². The number of amides is 3. The Morgan fingerprint density at radius 1 is 1.03 bits per heavy atom. The molecule has 2 fully saturated rings. The van der Waals surface area contributed by atoms with E-state index in [2.05, 4.69) is 20.4 Å². The zero-order valence-electron chi connectivity index (χ0n) is 21.2. The minimum atomic E-state index is -0.865. The topological polar surface area (TPSA) is 111 Å². The highest BCUT2D eigenvalue weighted by Crippen LogP contribution is 2.22. The van der Waals surface area contributed by atoms with E-state index in [-0.39, 0.29) is 36.5 Å².